The second kappa shape index (κ2) is 9.74. The molecular formula is C30H28N2O4. The number of aromatic amines is 1. The lowest BCUT2D eigenvalue weighted by molar-refractivity contribution is -0.139. The van der Waals surface area contributed by atoms with Gasteiger partial charge in [-0.15, -0.1) is 0 Å². The Morgan fingerprint density at radius 2 is 1.72 bits per heavy atom. The van der Waals surface area contributed by atoms with E-state index < -0.39 is 17.7 Å². The van der Waals surface area contributed by atoms with Crippen LogP contribution in [0.15, 0.2) is 84.6 Å². The molecule has 36 heavy (non-hydrogen) atoms. The SMILES string of the molecule is CCc1ccc(C2C(=C(O)c3ccc(OC)cc3)C(=O)C(=O)N2CCc2c[nH]c3ccccc23)cc1. The molecule has 182 valence electrons. The summed E-state index contributed by atoms with van der Waals surface area (Å²) in [5, 5.41) is 12.3. The summed E-state index contributed by atoms with van der Waals surface area (Å²) in [7, 11) is 1.56. The van der Waals surface area contributed by atoms with E-state index in [1.807, 2.05) is 54.7 Å². The molecule has 0 spiro atoms. The number of nitrogens with zero attached hydrogens (tertiary/aromatic N) is 1. The third-order valence-corrected chi connectivity index (χ3v) is 6.90. The fourth-order valence-electron chi connectivity index (χ4n) is 4.88. The van der Waals surface area contributed by atoms with Gasteiger partial charge in [-0.1, -0.05) is 49.4 Å². The monoisotopic (exact) mass is 480 g/mol. The smallest absolute Gasteiger partial charge is 0.295 e. The Hall–Kier alpha value is -4.32. The Morgan fingerprint density at radius 3 is 2.42 bits per heavy atom. The molecule has 4 aromatic rings. The zero-order valence-electron chi connectivity index (χ0n) is 20.3. The van der Waals surface area contributed by atoms with Gasteiger partial charge in [-0.05, 0) is 59.9 Å². The minimum absolute atomic E-state index is 0.105. The summed E-state index contributed by atoms with van der Waals surface area (Å²) in [5.74, 6) is -0.825. The van der Waals surface area contributed by atoms with Crippen LogP contribution in [-0.4, -0.2) is 40.3 Å². The zero-order chi connectivity index (χ0) is 25.2. The summed E-state index contributed by atoms with van der Waals surface area (Å²) in [6, 6.07) is 22.0. The van der Waals surface area contributed by atoms with E-state index in [2.05, 4.69) is 11.9 Å². The minimum Gasteiger partial charge on any atom is -0.507 e. The first kappa shape index (κ1) is 23.4. The number of H-pyrrole nitrogens is 1. The first-order valence-corrected chi connectivity index (χ1v) is 12.1. The summed E-state index contributed by atoms with van der Waals surface area (Å²) in [6.45, 7) is 2.41. The van der Waals surface area contributed by atoms with Crippen LogP contribution in [0, 0.1) is 0 Å². The van der Waals surface area contributed by atoms with Crippen molar-refractivity contribution in [2.24, 2.45) is 0 Å². The Bertz CT molecular complexity index is 1450. The molecule has 2 heterocycles. The summed E-state index contributed by atoms with van der Waals surface area (Å²) in [6.07, 6.45) is 3.40. The molecule has 0 saturated carbocycles. The molecule has 2 N–H and O–H groups in total. The lowest BCUT2D eigenvalue weighted by Crippen LogP contribution is -2.31. The molecule has 1 saturated heterocycles. The highest BCUT2D eigenvalue weighted by molar-refractivity contribution is 6.46. The number of carbonyl (C=O) groups is 2. The van der Waals surface area contributed by atoms with Gasteiger partial charge in [-0.25, -0.2) is 0 Å². The van der Waals surface area contributed by atoms with Crippen LogP contribution in [0.1, 0.15) is 35.2 Å². The highest BCUT2D eigenvalue weighted by Gasteiger charge is 2.45. The number of amides is 1. The van der Waals surface area contributed by atoms with Crippen LogP contribution in [0.25, 0.3) is 16.7 Å². The maximum Gasteiger partial charge on any atom is 0.295 e. The second-order valence-electron chi connectivity index (χ2n) is 8.93. The highest BCUT2D eigenvalue weighted by atomic mass is 16.5. The van der Waals surface area contributed by atoms with Crippen molar-refractivity contribution in [3.8, 4) is 5.75 Å². The molecule has 0 radical (unpaired) electrons. The van der Waals surface area contributed by atoms with Gasteiger partial charge in [0.1, 0.15) is 11.5 Å². The standard InChI is InChI=1S/C30H28N2O4/c1-3-19-8-10-20(11-9-19)27-26(28(33)21-12-14-23(36-2)15-13-21)29(34)30(35)32(27)17-16-22-18-31-25-7-5-4-6-24(22)25/h4-15,18,27,31,33H,3,16-17H2,1-2H3. The summed E-state index contributed by atoms with van der Waals surface area (Å²) >= 11 is 0. The molecule has 6 heteroatoms. The van der Waals surface area contributed by atoms with E-state index in [-0.39, 0.29) is 11.3 Å². The maximum atomic E-state index is 13.3. The number of fused-ring (bicyclic) bond motifs is 1. The summed E-state index contributed by atoms with van der Waals surface area (Å²) in [5.41, 5.74) is 4.61. The fourth-order valence-corrected chi connectivity index (χ4v) is 4.88. The van der Waals surface area contributed by atoms with Gasteiger partial charge in [-0.2, -0.15) is 0 Å². The topological polar surface area (TPSA) is 82.6 Å². The molecule has 6 nitrogen and oxygen atoms in total. The Kier molecular flexibility index (Phi) is 6.34. The molecule has 1 amide bonds. The number of hydrogen-bond acceptors (Lipinski definition) is 4. The second-order valence-corrected chi connectivity index (χ2v) is 8.93. The molecular weight excluding hydrogens is 452 g/mol. The summed E-state index contributed by atoms with van der Waals surface area (Å²) < 4.78 is 5.21. The lowest BCUT2D eigenvalue weighted by Gasteiger charge is -2.25. The molecule has 1 unspecified atom stereocenters. The van der Waals surface area contributed by atoms with E-state index in [0.29, 0.717) is 24.3 Å². The first-order chi connectivity index (χ1) is 17.5. The van der Waals surface area contributed by atoms with Crippen LogP contribution < -0.4 is 4.74 Å². The van der Waals surface area contributed by atoms with Gasteiger partial charge < -0.3 is 19.7 Å². The molecule has 3 aromatic carbocycles. The number of methoxy groups -OCH3 is 1. The number of aliphatic hydroxyl groups is 1. The number of ether oxygens (including phenoxy) is 1. The minimum atomic E-state index is -0.678. The van der Waals surface area contributed by atoms with Gasteiger partial charge in [0.2, 0.25) is 0 Å². The van der Waals surface area contributed by atoms with Crippen molar-refractivity contribution < 1.29 is 19.4 Å². The molecule has 1 atom stereocenters. The normalized spacial score (nSPS) is 17.2. The number of likely N-dealkylation sites (tertiary alicyclic amines) is 1. The molecule has 1 fully saturated rings. The predicted molar refractivity (Wildman–Crippen MR) is 140 cm³/mol. The third kappa shape index (κ3) is 4.15. The average molecular weight is 481 g/mol. The number of carbonyl (C=O) groups excluding carboxylic acids is 2. The van der Waals surface area contributed by atoms with E-state index in [9.17, 15) is 14.7 Å². The summed E-state index contributed by atoms with van der Waals surface area (Å²) in [4.78, 5) is 31.4. The largest absolute Gasteiger partial charge is 0.507 e. The van der Waals surface area contributed by atoms with Crippen LogP contribution in [0.2, 0.25) is 0 Å². The lowest BCUT2D eigenvalue weighted by atomic mass is 9.94. The maximum absolute atomic E-state index is 13.3. The molecule has 0 bridgehead atoms. The number of aliphatic hydroxyl groups excluding tert-OH is 1. The van der Waals surface area contributed by atoms with Crippen LogP contribution in [0.4, 0.5) is 0 Å². The van der Waals surface area contributed by atoms with Gasteiger partial charge in [-0.3, -0.25) is 9.59 Å². The molecule has 1 aliphatic heterocycles. The van der Waals surface area contributed by atoms with E-state index in [1.165, 1.54) is 0 Å². The number of Topliss-reactive ketones (excluding diaryl/α,β-unsaturated/α-hetero) is 1. The van der Waals surface area contributed by atoms with Crippen LogP contribution in [-0.2, 0) is 22.4 Å². The van der Waals surface area contributed by atoms with Crippen molar-refractivity contribution in [1.82, 2.24) is 9.88 Å². The number of ketones is 1. The fraction of sp³-hybridized carbons (Fsp3) is 0.200. The van der Waals surface area contributed by atoms with Crippen LogP contribution in [0.5, 0.6) is 5.75 Å². The van der Waals surface area contributed by atoms with Gasteiger partial charge in [0.15, 0.2) is 0 Å². The van der Waals surface area contributed by atoms with Crippen LogP contribution >= 0.6 is 0 Å². The van der Waals surface area contributed by atoms with Gasteiger partial charge in [0, 0.05) is 29.2 Å². The van der Waals surface area contributed by atoms with E-state index in [1.54, 1.807) is 36.3 Å². The average Bonchev–Trinajstić information content (AvgIpc) is 3.45. The zero-order valence-corrected chi connectivity index (χ0v) is 20.3. The number of hydrogen-bond donors (Lipinski definition) is 2. The number of aryl methyl sites for hydroxylation is 1. The van der Waals surface area contributed by atoms with Crippen molar-refractivity contribution >= 4 is 28.4 Å². The molecule has 1 aliphatic rings. The van der Waals surface area contributed by atoms with Crippen molar-refractivity contribution in [3.05, 3.63) is 107 Å². The van der Waals surface area contributed by atoms with Crippen molar-refractivity contribution in [2.75, 3.05) is 13.7 Å². The number of benzene rings is 3. The van der Waals surface area contributed by atoms with E-state index >= 15 is 0 Å². The molecule has 1 aromatic heterocycles. The third-order valence-electron chi connectivity index (χ3n) is 6.90. The van der Waals surface area contributed by atoms with Gasteiger partial charge >= 0.3 is 0 Å². The quantitative estimate of drug-likeness (QED) is 0.211. The van der Waals surface area contributed by atoms with E-state index in [4.69, 9.17) is 4.74 Å². The number of para-hydroxylation sites is 1. The number of rotatable bonds is 7. The van der Waals surface area contributed by atoms with E-state index in [0.717, 1.165) is 34.0 Å². The van der Waals surface area contributed by atoms with Crippen molar-refractivity contribution in [3.63, 3.8) is 0 Å². The highest BCUT2D eigenvalue weighted by Crippen LogP contribution is 2.40. The van der Waals surface area contributed by atoms with Crippen LogP contribution in [0.3, 0.4) is 0 Å². The first-order valence-electron chi connectivity index (χ1n) is 12.1. The Labute approximate surface area is 209 Å². The Morgan fingerprint density at radius 1 is 1.00 bits per heavy atom. The Balaban J connectivity index is 1.55. The number of nitrogens with one attached hydrogen (secondary N) is 1. The van der Waals surface area contributed by atoms with Gasteiger partial charge in [0.25, 0.3) is 11.7 Å². The molecule has 0 aliphatic carbocycles. The molecule has 5 rings (SSSR count). The van der Waals surface area contributed by atoms with Crippen molar-refractivity contribution in [1.29, 1.82) is 0 Å². The van der Waals surface area contributed by atoms with Crippen molar-refractivity contribution in [2.45, 2.75) is 25.8 Å². The number of aromatic nitrogens is 1. The van der Waals surface area contributed by atoms with Gasteiger partial charge in [0.05, 0.1) is 18.7 Å². The predicted octanol–water partition coefficient (Wildman–Crippen LogP) is 5.40.